The minimum Gasteiger partial charge on any atom is -0.496 e. The summed E-state index contributed by atoms with van der Waals surface area (Å²) in [5, 5.41) is 6.57. The van der Waals surface area contributed by atoms with E-state index in [1.807, 2.05) is 48.5 Å². The van der Waals surface area contributed by atoms with Gasteiger partial charge in [-0.3, -0.25) is 9.79 Å². The van der Waals surface area contributed by atoms with Gasteiger partial charge in [0.05, 0.1) is 12.8 Å². The molecule has 7 nitrogen and oxygen atoms in total. The van der Waals surface area contributed by atoms with Crippen LogP contribution >= 0.6 is 24.0 Å². The Morgan fingerprint density at radius 2 is 1.93 bits per heavy atom. The first-order valence-corrected chi connectivity index (χ1v) is 9.31. The minimum absolute atomic E-state index is 0. The molecule has 0 spiro atoms. The summed E-state index contributed by atoms with van der Waals surface area (Å²) in [5.41, 5.74) is 1.89. The van der Waals surface area contributed by atoms with Crippen LogP contribution in [0.2, 0.25) is 0 Å². The van der Waals surface area contributed by atoms with Crippen molar-refractivity contribution in [1.29, 1.82) is 0 Å². The number of hydrogen-bond acceptors (Lipinski definition) is 4. The molecule has 0 unspecified atom stereocenters. The maximum Gasteiger partial charge on any atom is 0.265 e. The second-order valence-electron chi connectivity index (χ2n) is 6.32. The number of carbonyl (C=O) groups excluding carboxylic acids is 1. The number of nitrogens with zero attached hydrogens (tertiary/aromatic N) is 2. The van der Waals surface area contributed by atoms with Crippen LogP contribution in [0.5, 0.6) is 11.5 Å². The Kier molecular flexibility index (Phi) is 9.04. The third-order valence-corrected chi connectivity index (χ3v) is 4.52. The normalized spacial score (nSPS) is 13.1. The first-order valence-electron chi connectivity index (χ1n) is 9.31. The summed E-state index contributed by atoms with van der Waals surface area (Å²) in [6, 6.07) is 15.5. The van der Waals surface area contributed by atoms with Crippen molar-refractivity contribution < 1.29 is 14.3 Å². The monoisotopic (exact) mass is 510 g/mol. The lowest BCUT2D eigenvalue weighted by molar-refractivity contribution is -0.121. The number of methoxy groups -OCH3 is 1. The molecule has 1 aliphatic rings. The van der Waals surface area contributed by atoms with E-state index in [0.717, 1.165) is 29.2 Å². The van der Waals surface area contributed by atoms with Crippen LogP contribution in [0.25, 0.3) is 0 Å². The van der Waals surface area contributed by atoms with Crippen molar-refractivity contribution in [2.45, 2.75) is 13.0 Å². The van der Waals surface area contributed by atoms with Crippen LogP contribution < -0.4 is 25.0 Å². The second kappa shape index (κ2) is 11.5. The molecule has 156 valence electrons. The van der Waals surface area contributed by atoms with Crippen molar-refractivity contribution in [3.63, 3.8) is 0 Å². The molecule has 0 aromatic heterocycles. The Hall–Kier alpha value is -2.49. The third-order valence-electron chi connectivity index (χ3n) is 4.52. The number of hydrogen-bond donors (Lipinski definition) is 2. The van der Waals surface area contributed by atoms with Crippen LogP contribution in [0.15, 0.2) is 53.5 Å². The van der Waals surface area contributed by atoms with E-state index in [4.69, 9.17) is 9.47 Å². The van der Waals surface area contributed by atoms with Crippen LogP contribution in [0.4, 0.5) is 5.69 Å². The highest BCUT2D eigenvalue weighted by atomic mass is 127. The van der Waals surface area contributed by atoms with Crippen molar-refractivity contribution in [3.8, 4) is 11.5 Å². The molecule has 8 heteroatoms. The number of ether oxygens (including phenoxy) is 2. The quantitative estimate of drug-likeness (QED) is 0.260. The fraction of sp³-hybridized carbons (Fsp3) is 0.333. The number of benzene rings is 2. The van der Waals surface area contributed by atoms with Gasteiger partial charge in [0.25, 0.3) is 5.91 Å². The van der Waals surface area contributed by atoms with Gasteiger partial charge in [-0.05, 0) is 24.6 Å². The van der Waals surface area contributed by atoms with Crippen molar-refractivity contribution in [2.75, 3.05) is 38.8 Å². The second-order valence-corrected chi connectivity index (χ2v) is 6.32. The number of guanidine groups is 1. The number of carbonyl (C=O) groups is 1. The number of nitrogens with one attached hydrogen (secondary N) is 2. The van der Waals surface area contributed by atoms with E-state index in [-0.39, 0.29) is 36.5 Å². The summed E-state index contributed by atoms with van der Waals surface area (Å²) in [6.45, 7) is 2.01. The molecule has 2 aromatic carbocycles. The fourth-order valence-electron chi connectivity index (χ4n) is 3.09. The predicted octanol–water partition coefficient (Wildman–Crippen LogP) is 2.79. The summed E-state index contributed by atoms with van der Waals surface area (Å²) >= 11 is 0. The molecule has 0 saturated heterocycles. The summed E-state index contributed by atoms with van der Waals surface area (Å²) in [7, 11) is 3.40. The Labute approximate surface area is 188 Å². The molecule has 1 heterocycles. The zero-order chi connectivity index (χ0) is 19.8. The molecule has 2 aromatic rings. The molecular weight excluding hydrogens is 483 g/mol. The predicted molar refractivity (Wildman–Crippen MR) is 126 cm³/mol. The molecule has 0 atom stereocenters. The van der Waals surface area contributed by atoms with E-state index >= 15 is 0 Å². The topological polar surface area (TPSA) is 75.2 Å². The van der Waals surface area contributed by atoms with Crippen LogP contribution in [0, 0.1) is 0 Å². The number of anilines is 1. The first kappa shape index (κ1) is 22.8. The molecule has 1 aliphatic heterocycles. The molecule has 29 heavy (non-hydrogen) atoms. The largest absolute Gasteiger partial charge is 0.496 e. The van der Waals surface area contributed by atoms with E-state index in [2.05, 4.69) is 15.6 Å². The van der Waals surface area contributed by atoms with E-state index in [1.165, 1.54) is 0 Å². The van der Waals surface area contributed by atoms with Gasteiger partial charge in [-0.2, -0.15) is 0 Å². The van der Waals surface area contributed by atoms with Crippen LogP contribution in [-0.4, -0.2) is 45.7 Å². The van der Waals surface area contributed by atoms with Gasteiger partial charge in [0.2, 0.25) is 0 Å². The van der Waals surface area contributed by atoms with Gasteiger partial charge >= 0.3 is 0 Å². The van der Waals surface area contributed by atoms with Crippen molar-refractivity contribution in [1.82, 2.24) is 10.6 Å². The first-order chi connectivity index (χ1) is 13.7. The average Bonchev–Trinajstić information content (AvgIpc) is 2.74. The summed E-state index contributed by atoms with van der Waals surface area (Å²) < 4.78 is 10.8. The highest BCUT2D eigenvalue weighted by molar-refractivity contribution is 14.0. The van der Waals surface area contributed by atoms with E-state index in [1.54, 1.807) is 19.1 Å². The number of halogens is 1. The number of aliphatic imine (C=N–C) groups is 1. The van der Waals surface area contributed by atoms with E-state index < -0.39 is 0 Å². The standard InChI is InChI=1S/C21H26N4O3.HI/c1-22-21(24-14-16-8-3-5-10-18(16)27-2)23-12-7-13-25-17-9-4-6-11-19(17)28-15-20(25)26;/h3-6,8-11H,7,12-15H2,1-2H3,(H2,22,23,24);1H. The lowest BCUT2D eigenvalue weighted by Gasteiger charge is -2.29. The smallest absolute Gasteiger partial charge is 0.265 e. The lowest BCUT2D eigenvalue weighted by atomic mass is 10.2. The fourth-order valence-corrected chi connectivity index (χ4v) is 3.09. The Morgan fingerprint density at radius 3 is 2.72 bits per heavy atom. The summed E-state index contributed by atoms with van der Waals surface area (Å²) in [4.78, 5) is 18.2. The average molecular weight is 510 g/mol. The lowest BCUT2D eigenvalue weighted by Crippen LogP contribution is -2.42. The summed E-state index contributed by atoms with van der Waals surface area (Å²) in [6.07, 6.45) is 0.787. The Bertz CT molecular complexity index is 844. The summed E-state index contributed by atoms with van der Waals surface area (Å²) in [5.74, 6) is 2.29. The molecule has 0 fully saturated rings. The van der Waals surface area contributed by atoms with E-state index in [0.29, 0.717) is 25.6 Å². The van der Waals surface area contributed by atoms with Gasteiger partial charge < -0.3 is 25.0 Å². The van der Waals surface area contributed by atoms with Gasteiger partial charge in [-0.1, -0.05) is 30.3 Å². The third kappa shape index (κ3) is 5.99. The Balaban J connectivity index is 0.00000300. The highest BCUT2D eigenvalue weighted by Gasteiger charge is 2.24. The van der Waals surface area contributed by atoms with Crippen LogP contribution in [0.1, 0.15) is 12.0 Å². The molecule has 0 saturated carbocycles. The van der Waals surface area contributed by atoms with Crippen molar-refractivity contribution in [2.24, 2.45) is 4.99 Å². The number of fused-ring (bicyclic) bond motifs is 1. The molecule has 0 bridgehead atoms. The molecule has 3 rings (SSSR count). The van der Waals surface area contributed by atoms with Gasteiger partial charge in [0.15, 0.2) is 12.6 Å². The Morgan fingerprint density at radius 1 is 1.17 bits per heavy atom. The van der Waals surface area contributed by atoms with Crippen molar-refractivity contribution >= 4 is 41.5 Å². The SMILES string of the molecule is CN=C(NCCCN1C(=O)COc2ccccc21)NCc1ccccc1OC.I. The maximum absolute atomic E-state index is 12.2. The number of para-hydroxylation sites is 3. The van der Waals surface area contributed by atoms with E-state index in [9.17, 15) is 4.79 Å². The zero-order valence-electron chi connectivity index (χ0n) is 16.7. The van der Waals surface area contributed by atoms with Gasteiger partial charge in [-0.15, -0.1) is 24.0 Å². The molecule has 1 amide bonds. The molecular formula is C21H27IN4O3. The zero-order valence-corrected chi connectivity index (χ0v) is 19.0. The molecule has 2 N–H and O–H groups in total. The minimum atomic E-state index is -0.0163. The van der Waals surface area contributed by atoms with Crippen LogP contribution in [-0.2, 0) is 11.3 Å². The maximum atomic E-state index is 12.2. The molecule has 0 aliphatic carbocycles. The van der Waals surface area contributed by atoms with Crippen molar-refractivity contribution in [3.05, 3.63) is 54.1 Å². The number of amides is 1. The van der Waals surface area contributed by atoms with Gasteiger partial charge in [0, 0.05) is 32.2 Å². The van der Waals surface area contributed by atoms with Gasteiger partial charge in [0.1, 0.15) is 11.5 Å². The number of rotatable bonds is 7. The van der Waals surface area contributed by atoms with Gasteiger partial charge in [-0.25, -0.2) is 0 Å². The van der Waals surface area contributed by atoms with Crippen LogP contribution in [0.3, 0.4) is 0 Å². The molecule has 0 radical (unpaired) electrons. The highest BCUT2D eigenvalue weighted by Crippen LogP contribution is 2.31.